The molecule has 10 heteroatoms. The Bertz CT molecular complexity index is 855. The topological polar surface area (TPSA) is 151 Å². The van der Waals surface area contributed by atoms with Gasteiger partial charge in [-0.2, -0.15) is 0 Å². The van der Waals surface area contributed by atoms with Crippen LogP contribution in [0.1, 0.15) is 71.8 Å². The summed E-state index contributed by atoms with van der Waals surface area (Å²) in [6.45, 7) is 8.94. The maximum atomic E-state index is 12.0. The number of carbonyl (C=O) groups excluding carboxylic acids is 3. The molecule has 34 heavy (non-hydrogen) atoms. The largest absolute Gasteiger partial charge is 0.508 e. The van der Waals surface area contributed by atoms with Gasteiger partial charge >= 0.3 is 24.1 Å². The molecular formula is C24H35NO9. The summed E-state index contributed by atoms with van der Waals surface area (Å²) in [5.41, 5.74) is 6.35. The molecule has 1 rings (SSSR count). The van der Waals surface area contributed by atoms with Crippen molar-refractivity contribution < 1.29 is 43.2 Å². The normalized spacial score (nSPS) is 14.3. The zero-order valence-corrected chi connectivity index (χ0v) is 20.4. The van der Waals surface area contributed by atoms with Crippen molar-refractivity contribution in [2.75, 3.05) is 6.61 Å². The van der Waals surface area contributed by atoms with Crippen LogP contribution in [0.5, 0.6) is 11.5 Å². The van der Waals surface area contributed by atoms with E-state index in [1.54, 1.807) is 20.8 Å². The van der Waals surface area contributed by atoms with Gasteiger partial charge in [-0.1, -0.05) is 40.2 Å². The van der Waals surface area contributed by atoms with Crippen LogP contribution in [0.3, 0.4) is 0 Å². The number of hydrogen-bond donors (Lipinski definition) is 2. The second-order valence-corrected chi connectivity index (χ2v) is 8.07. The Morgan fingerprint density at radius 2 is 1.56 bits per heavy atom. The second kappa shape index (κ2) is 14.2. The van der Waals surface area contributed by atoms with Crippen molar-refractivity contribution in [3.8, 4) is 11.5 Å². The highest BCUT2D eigenvalue weighted by molar-refractivity contribution is 5.77. The molecule has 0 fully saturated rings. The lowest BCUT2D eigenvalue weighted by Crippen LogP contribution is -2.38. The number of esters is 2. The van der Waals surface area contributed by atoms with Gasteiger partial charge < -0.3 is 29.8 Å². The molecule has 0 aliphatic carbocycles. The van der Waals surface area contributed by atoms with Crippen LogP contribution in [-0.2, 0) is 23.9 Å². The molecule has 0 amide bonds. The molecule has 0 bridgehead atoms. The number of nitrogens with two attached hydrogens (primary N) is 1. The minimum atomic E-state index is -1.35. The van der Waals surface area contributed by atoms with E-state index >= 15 is 0 Å². The van der Waals surface area contributed by atoms with Crippen LogP contribution in [0, 0.1) is 5.92 Å². The molecule has 1 aromatic rings. The van der Waals surface area contributed by atoms with Gasteiger partial charge in [0.25, 0.3) is 0 Å². The summed E-state index contributed by atoms with van der Waals surface area (Å²) >= 11 is 0. The predicted octanol–water partition coefficient (Wildman–Crippen LogP) is 3.79. The van der Waals surface area contributed by atoms with Gasteiger partial charge in [0, 0.05) is 18.8 Å². The van der Waals surface area contributed by atoms with Crippen LogP contribution < -0.4 is 15.2 Å². The first-order valence-electron chi connectivity index (χ1n) is 11.4. The number of benzene rings is 1. The predicted molar refractivity (Wildman–Crippen MR) is 123 cm³/mol. The minimum absolute atomic E-state index is 0.0259. The van der Waals surface area contributed by atoms with Crippen molar-refractivity contribution in [1.29, 1.82) is 0 Å². The van der Waals surface area contributed by atoms with Gasteiger partial charge in [-0.3, -0.25) is 14.4 Å². The zero-order valence-electron chi connectivity index (χ0n) is 20.4. The molecule has 0 aliphatic rings. The zero-order chi connectivity index (χ0) is 25.8. The Kier molecular flexibility index (Phi) is 12.1. The van der Waals surface area contributed by atoms with Crippen LogP contribution in [0.2, 0.25) is 0 Å². The Morgan fingerprint density at radius 3 is 2.09 bits per heavy atom. The highest BCUT2D eigenvalue weighted by Crippen LogP contribution is 2.35. The fraction of sp³-hybridized carbons (Fsp3) is 0.583. The molecule has 0 saturated carbocycles. The first kappa shape index (κ1) is 28.9. The van der Waals surface area contributed by atoms with Crippen molar-refractivity contribution >= 4 is 24.1 Å². The summed E-state index contributed by atoms with van der Waals surface area (Å²) in [4.78, 5) is 47.3. The molecule has 0 spiro atoms. The summed E-state index contributed by atoms with van der Waals surface area (Å²) in [6, 6.07) is 3.01. The highest BCUT2D eigenvalue weighted by Gasteiger charge is 2.30. The van der Waals surface area contributed by atoms with Crippen molar-refractivity contribution in [1.82, 2.24) is 0 Å². The van der Waals surface area contributed by atoms with Crippen molar-refractivity contribution in [3.63, 3.8) is 0 Å². The third kappa shape index (κ3) is 9.38. The van der Waals surface area contributed by atoms with Gasteiger partial charge in [0.15, 0.2) is 11.5 Å². The monoisotopic (exact) mass is 481 g/mol. The minimum Gasteiger partial charge on any atom is -0.480 e. The molecule has 3 unspecified atom stereocenters. The fourth-order valence-electron chi connectivity index (χ4n) is 2.90. The van der Waals surface area contributed by atoms with Crippen molar-refractivity contribution in [2.24, 2.45) is 11.7 Å². The Balaban J connectivity index is 3.16. The van der Waals surface area contributed by atoms with E-state index in [0.29, 0.717) is 5.56 Å². The fourth-order valence-corrected chi connectivity index (χ4v) is 2.90. The molecule has 4 atom stereocenters. The smallest absolute Gasteiger partial charge is 0.480 e. The van der Waals surface area contributed by atoms with Crippen LogP contribution in [-0.4, -0.2) is 47.9 Å². The van der Waals surface area contributed by atoms with E-state index in [1.807, 2.05) is 13.8 Å². The number of ether oxygens (including phenoxy) is 4. The molecule has 0 radical (unpaired) electrons. The quantitative estimate of drug-likeness (QED) is 0.314. The summed E-state index contributed by atoms with van der Waals surface area (Å²) in [6.07, 6.45) is -0.493. The number of hydrogen-bond acceptors (Lipinski definition) is 9. The SMILES string of the molecule is CCC(=O)Oc1ccc(C(CC(C)OC(=O)OCC(C)CC)[C@H](N)C(=O)O)cc1OC(=O)CC. The Labute approximate surface area is 199 Å². The first-order chi connectivity index (χ1) is 16.0. The van der Waals surface area contributed by atoms with Crippen molar-refractivity contribution in [3.05, 3.63) is 23.8 Å². The first-order valence-corrected chi connectivity index (χ1v) is 11.4. The number of aliphatic carboxylic acids is 1. The number of rotatable bonds is 13. The second-order valence-electron chi connectivity index (χ2n) is 8.07. The Morgan fingerprint density at radius 1 is 0.971 bits per heavy atom. The van der Waals surface area contributed by atoms with E-state index in [1.165, 1.54) is 18.2 Å². The molecule has 3 N–H and O–H groups in total. The summed E-state index contributed by atoms with van der Waals surface area (Å²) in [7, 11) is 0. The molecule has 0 heterocycles. The molecule has 0 aliphatic heterocycles. The maximum Gasteiger partial charge on any atom is 0.508 e. The van der Waals surface area contributed by atoms with E-state index in [9.17, 15) is 24.3 Å². The summed E-state index contributed by atoms with van der Waals surface area (Å²) in [5, 5.41) is 9.53. The average Bonchev–Trinajstić information content (AvgIpc) is 2.81. The summed E-state index contributed by atoms with van der Waals surface area (Å²) < 4.78 is 20.9. The number of carboxylic acid groups (broad SMARTS) is 1. The van der Waals surface area contributed by atoms with Crippen LogP contribution in [0.4, 0.5) is 4.79 Å². The van der Waals surface area contributed by atoms with E-state index in [0.717, 1.165) is 6.42 Å². The van der Waals surface area contributed by atoms with Gasteiger partial charge in [0.1, 0.15) is 12.1 Å². The Hall–Kier alpha value is -3.14. The lowest BCUT2D eigenvalue weighted by atomic mass is 9.87. The summed E-state index contributed by atoms with van der Waals surface area (Å²) in [5.74, 6) is -2.99. The molecule has 10 nitrogen and oxygen atoms in total. The molecule has 190 valence electrons. The van der Waals surface area contributed by atoms with Gasteiger partial charge in [0.2, 0.25) is 0 Å². The third-order valence-corrected chi connectivity index (χ3v) is 5.21. The van der Waals surface area contributed by atoms with E-state index in [4.69, 9.17) is 24.7 Å². The van der Waals surface area contributed by atoms with Crippen LogP contribution in [0.15, 0.2) is 18.2 Å². The molecular weight excluding hydrogens is 446 g/mol. The average molecular weight is 482 g/mol. The number of carboxylic acids is 1. The molecule has 1 aromatic carbocycles. The van der Waals surface area contributed by atoms with Gasteiger partial charge in [-0.15, -0.1) is 0 Å². The van der Waals surface area contributed by atoms with Gasteiger partial charge in [-0.25, -0.2) is 4.79 Å². The third-order valence-electron chi connectivity index (χ3n) is 5.21. The van der Waals surface area contributed by atoms with E-state index in [2.05, 4.69) is 0 Å². The lowest BCUT2D eigenvalue weighted by Gasteiger charge is -2.25. The lowest BCUT2D eigenvalue weighted by molar-refractivity contribution is -0.139. The van der Waals surface area contributed by atoms with Crippen LogP contribution >= 0.6 is 0 Å². The van der Waals surface area contributed by atoms with Gasteiger partial charge in [-0.05, 0) is 37.0 Å². The van der Waals surface area contributed by atoms with Gasteiger partial charge in [0.05, 0.1) is 6.61 Å². The standard InChI is InChI=1S/C24H35NO9/c1-6-14(4)13-31-24(30)32-15(5)11-17(22(25)23(28)29)16-9-10-18(33-20(26)7-2)19(12-16)34-21(27)8-3/h9-10,12,14-15,17,22H,6-8,11,13,25H2,1-5H3,(H,28,29)/t14?,15?,17?,22-/m0/s1. The highest BCUT2D eigenvalue weighted by atomic mass is 16.7. The molecule has 0 saturated heterocycles. The number of carbonyl (C=O) groups is 4. The molecule has 0 aromatic heterocycles. The van der Waals surface area contributed by atoms with E-state index < -0.39 is 42.1 Å². The van der Waals surface area contributed by atoms with Crippen molar-refractivity contribution in [2.45, 2.75) is 78.4 Å². The van der Waals surface area contributed by atoms with E-state index in [-0.39, 0.29) is 43.3 Å². The van der Waals surface area contributed by atoms with Crippen LogP contribution in [0.25, 0.3) is 0 Å². The maximum absolute atomic E-state index is 12.0.